The smallest absolute Gasteiger partial charge is 1.00 e. The predicted octanol–water partition coefficient (Wildman–Crippen LogP) is -2.27. The van der Waals surface area contributed by atoms with Gasteiger partial charge in [0.25, 0.3) is 0 Å². The van der Waals surface area contributed by atoms with Gasteiger partial charge < -0.3 is 17.5 Å². The minimum atomic E-state index is -4.64. The van der Waals surface area contributed by atoms with Crippen molar-refractivity contribution in [1.82, 2.24) is 0 Å². The molecule has 0 saturated carbocycles. The topological polar surface area (TPSA) is 77.8 Å². The van der Waals surface area contributed by atoms with E-state index in [0.29, 0.717) is 0 Å². The van der Waals surface area contributed by atoms with E-state index in [1.807, 2.05) is 0 Å². The average Bonchev–Trinajstić information content (AvgIpc) is 0.722. The van der Waals surface area contributed by atoms with Crippen molar-refractivity contribution in [3.8, 4) is 0 Å². The second-order valence-electron chi connectivity index (χ2n) is 0.513. The van der Waals surface area contributed by atoms with Crippen LogP contribution in [0.4, 0.5) is 0 Å². The normalized spacial score (nSPS) is 7.38. The van der Waals surface area contributed by atoms with Crippen LogP contribution in [0.5, 0.6) is 0 Å². The molecule has 44 valence electrons. The van der Waals surface area contributed by atoms with Crippen LogP contribution in [0.2, 0.25) is 0 Å². The molecule has 8 heavy (non-hydrogen) atoms. The van der Waals surface area contributed by atoms with E-state index in [9.17, 15) is 0 Å². The molecule has 0 aromatic rings. The van der Waals surface area contributed by atoms with E-state index in [1.165, 1.54) is 0 Å². The molecular weight excluding hydrogens is 212 g/mol. The molecule has 0 aromatic carbocycles. The van der Waals surface area contributed by atoms with Crippen LogP contribution in [0.25, 0.3) is 0 Å². The van der Waals surface area contributed by atoms with Crippen molar-refractivity contribution < 1.29 is 41.6 Å². The van der Waals surface area contributed by atoms with Crippen LogP contribution < -0.4 is 0 Å². The fraction of sp³-hybridized carbons (Fsp3) is 0. The summed E-state index contributed by atoms with van der Waals surface area (Å²) in [5.74, 6) is 0. The van der Waals surface area contributed by atoms with Gasteiger partial charge in [-0.1, -0.05) is 0 Å². The fourth-order valence-corrected chi connectivity index (χ4v) is 0. The molecule has 0 unspecified atom stereocenters. The summed E-state index contributed by atoms with van der Waals surface area (Å²) in [5, 5.41) is 0. The van der Waals surface area contributed by atoms with Crippen molar-refractivity contribution in [3.05, 3.63) is 0 Å². The van der Waals surface area contributed by atoms with Crippen LogP contribution in [0.1, 0.15) is 2.85 Å². The van der Waals surface area contributed by atoms with Crippen LogP contribution in [0.15, 0.2) is 0 Å². The fourth-order valence-electron chi connectivity index (χ4n) is 0. The Morgan fingerprint density at radius 3 is 1.25 bits per heavy atom. The molecule has 0 aliphatic carbocycles. The van der Waals surface area contributed by atoms with Gasteiger partial charge in [0, 0.05) is 19.5 Å². The van der Waals surface area contributed by atoms with Crippen LogP contribution >= 0.6 is 7.82 Å². The molecule has 0 amide bonds. The molecule has 0 radical (unpaired) electrons. The van der Waals surface area contributed by atoms with Crippen LogP contribution in [0, 0.1) is 0 Å². The van der Waals surface area contributed by atoms with Crippen molar-refractivity contribution >= 4 is 48.2 Å². The molecule has 0 spiro atoms. The maximum atomic E-state index is 8.88. The zero-order valence-electron chi connectivity index (χ0n) is 5.61. The third-order valence-electron chi connectivity index (χ3n) is 0. The second-order valence-corrected chi connectivity index (χ2v) is 1.54. The molecule has 0 atom stereocenters. The minimum absolute atomic E-state index is 0. The van der Waals surface area contributed by atoms with Crippen molar-refractivity contribution in [2.45, 2.75) is 0 Å². The number of hydrogen-bond acceptors (Lipinski definition) is 1. The number of phosphoric acid groups is 1. The maximum Gasteiger partial charge on any atom is 2.00 e. The Kier molecular flexibility index (Phi) is 25.4. The van der Waals surface area contributed by atoms with Gasteiger partial charge in [-0.3, -0.25) is 0 Å². The molecule has 0 bridgehead atoms. The Morgan fingerprint density at radius 2 is 1.25 bits per heavy atom. The summed E-state index contributed by atoms with van der Waals surface area (Å²) < 4.78 is 8.88. The molecule has 0 saturated heterocycles. The Morgan fingerprint density at radius 1 is 1.25 bits per heavy atom. The summed E-state index contributed by atoms with van der Waals surface area (Å²) in [6, 6.07) is 0. The molecule has 0 fully saturated rings. The van der Waals surface area contributed by atoms with Gasteiger partial charge in [0.2, 0.25) is 0 Å². The van der Waals surface area contributed by atoms with E-state index in [-0.39, 0.29) is 62.7 Å². The van der Waals surface area contributed by atoms with Gasteiger partial charge in [0.1, 0.15) is 0 Å². The van der Waals surface area contributed by atoms with E-state index in [2.05, 4.69) is 0 Å². The Balaban J connectivity index is -0.00000000800. The summed E-state index contributed by atoms with van der Waals surface area (Å²) in [4.78, 5) is 21.6. The monoisotopic (exact) mass is 218 g/mol. The molecule has 0 rings (SSSR count). The molecule has 4 nitrogen and oxygen atoms in total. The van der Waals surface area contributed by atoms with Crippen molar-refractivity contribution in [2.24, 2.45) is 0 Å². The predicted molar refractivity (Wildman–Crippen MR) is 32.2 cm³/mol. The first-order chi connectivity index (χ1) is 2.00. The van der Waals surface area contributed by atoms with E-state index in [0.717, 1.165) is 0 Å². The summed E-state index contributed by atoms with van der Waals surface area (Å²) in [5.41, 5.74) is 0. The summed E-state index contributed by atoms with van der Waals surface area (Å²) in [6.45, 7) is 0. The van der Waals surface area contributed by atoms with E-state index in [1.54, 1.807) is 0 Å². The average molecular weight is 220 g/mol. The summed E-state index contributed by atoms with van der Waals surface area (Å²) in [7, 11) is -4.64. The van der Waals surface area contributed by atoms with E-state index < -0.39 is 7.82 Å². The first kappa shape index (κ1) is 22.5. The SMILES string of the molecule is O=P(O)(O)O.[AlH3].[H-].[H-].[Mg+2].[Zn]. The van der Waals surface area contributed by atoms with E-state index >= 15 is 0 Å². The Bertz CT molecular complexity index is 69.4. The minimum Gasteiger partial charge on any atom is -1.00 e. The van der Waals surface area contributed by atoms with Gasteiger partial charge in [-0.25, -0.2) is 4.57 Å². The molecule has 0 aliphatic rings. The van der Waals surface area contributed by atoms with Gasteiger partial charge in [-0.2, -0.15) is 0 Å². The van der Waals surface area contributed by atoms with Gasteiger partial charge in [0.05, 0.1) is 0 Å². The Hall–Kier alpha value is 2.03. The molecule has 8 heteroatoms. The molecular formula is H8AlMgO4PZn. The maximum absolute atomic E-state index is 8.88. The third-order valence-corrected chi connectivity index (χ3v) is 0. The van der Waals surface area contributed by atoms with Crippen molar-refractivity contribution in [1.29, 1.82) is 0 Å². The van der Waals surface area contributed by atoms with Crippen LogP contribution in [-0.2, 0) is 24.0 Å². The second kappa shape index (κ2) is 9.03. The van der Waals surface area contributed by atoms with Crippen LogP contribution in [0.3, 0.4) is 0 Å². The molecule has 3 N–H and O–H groups in total. The third kappa shape index (κ3) is 96.2. The molecule has 0 aliphatic heterocycles. The summed E-state index contributed by atoms with van der Waals surface area (Å²) in [6.07, 6.45) is 0. The summed E-state index contributed by atoms with van der Waals surface area (Å²) >= 11 is 0. The first-order valence-corrected chi connectivity index (χ1v) is 2.35. The zero-order valence-corrected chi connectivity index (χ0v) is 8.89. The van der Waals surface area contributed by atoms with Gasteiger partial charge in [-0.15, -0.1) is 0 Å². The molecule has 0 heterocycles. The number of rotatable bonds is 0. The van der Waals surface area contributed by atoms with Crippen molar-refractivity contribution in [2.75, 3.05) is 0 Å². The van der Waals surface area contributed by atoms with Gasteiger partial charge in [0.15, 0.2) is 17.4 Å². The number of hydrogen-bond donors (Lipinski definition) is 3. The standard InChI is InChI=1S/Al.Mg.H3O4P.Zn.5H/c;;1-5(2,3)4;;;;;;/h;;(H3,1,2,3,4);;;;;;/q;+2;;;;;;2*-1. The van der Waals surface area contributed by atoms with E-state index in [4.69, 9.17) is 19.2 Å². The largest absolute Gasteiger partial charge is 2.00 e. The quantitative estimate of drug-likeness (QED) is 0.317. The van der Waals surface area contributed by atoms with Crippen LogP contribution in [-0.4, -0.2) is 55.1 Å². The van der Waals surface area contributed by atoms with Gasteiger partial charge in [-0.05, 0) is 0 Å². The zero-order chi connectivity index (χ0) is 4.50. The molecule has 0 aromatic heterocycles. The Labute approximate surface area is 89.3 Å². The first-order valence-electron chi connectivity index (χ1n) is 0.783. The van der Waals surface area contributed by atoms with Gasteiger partial charge >= 0.3 is 30.9 Å². The van der Waals surface area contributed by atoms with Crippen molar-refractivity contribution in [3.63, 3.8) is 0 Å².